The van der Waals surface area contributed by atoms with E-state index in [0.717, 1.165) is 26.9 Å². The minimum Gasteiger partial charge on any atom is -0.290 e. The maximum Gasteiger partial charge on any atom is 0.254 e. The van der Waals surface area contributed by atoms with Crippen molar-refractivity contribution in [1.29, 1.82) is 0 Å². The minimum atomic E-state index is 0.118. The van der Waals surface area contributed by atoms with Gasteiger partial charge in [0.05, 0.1) is 7.05 Å². The third kappa shape index (κ3) is 2.51. The number of aryl methyl sites for hydroxylation is 1. The average molecular weight is 344 g/mol. The topological polar surface area (TPSA) is 25.9 Å². The van der Waals surface area contributed by atoms with Gasteiger partial charge >= 0.3 is 0 Å². The van der Waals surface area contributed by atoms with E-state index in [2.05, 4.69) is 37.2 Å². The van der Waals surface area contributed by atoms with Crippen LogP contribution in [0.15, 0.2) is 53.0 Å². The van der Waals surface area contributed by atoms with E-state index in [1.54, 1.807) is 0 Å². The number of aromatic nitrogens is 2. The molecule has 0 aliphatic carbocycles. The molecule has 0 aliphatic heterocycles. The van der Waals surface area contributed by atoms with Crippen molar-refractivity contribution in [2.75, 3.05) is 0 Å². The molecule has 3 nitrogen and oxygen atoms in total. The first-order chi connectivity index (χ1) is 10.1. The molecule has 2 aromatic carbocycles. The van der Waals surface area contributed by atoms with E-state index >= 15 is 0 Å². The SMILES string of the molecule is Cc1n(CC(=O)c2ccc(Br)cc2)c2ccccc2[n+]1C. The summed E-state index contributed by atoms with van der Waals surface area (Å²) in [4.78, 5) is 12.5. The molecule has 0 bridgehead atoms. The van der Waals surface area contributed by atoms with Crippen LogP contribution in [0.25, 0.3) is 11.0 Å². The highest BCUT2D eigenvalue weighted by Crippen LogP contribution is 2.16. The van der Waals surface area contributed by atoms with Crippen molar-refractivity contribution in [2.24, 2.45) is 7.05 Å². The van der Waals surface area contributed by atoms with Crippen LogP contribution in [-0.2, 0) is 13.6 Å². The van der Waals surface area contributed by atoms with E-state index in [0.29, 0.717) is 6.54 Å². The summed E-state index contributed by atoms with van der Waals surface area (Å²) in [5, 5.41) is 0. The standard InChI is InChI=1S/C17H16BrN2O/c1-12-19(2)15-5-3-4-6-16(15)20(12)11-17(21)13-7-9-14(18)10-8-13/h3-10H,11H2,1-2H3/q+1. The number of imidazole rings is 1. The molecule has 0 aliphatic rings. The fourth-order valence-corrected chi connectivity index (χ4v) is 2.84. The zero-order valence-electron chi connectivity index (χ0n) is 12.0. The van der Waals surface area contributed by atoms with Crippen molar-refractivity contribution < 1.29 is 9.36 Å². The van der Waals surface area contributed by atoms with Gasteiger partial charge in [-0.25, -0.2) is 9.13 Å². The highest BCUT2D eigenvalue weighted by atomic mass is 79.9. The zero-order valence-corrected chi connectivity index (χ0v) is 13.6. The Morgan fingerprint density at radius 2 is 1.81 bits per heavy atom. The van der Waals surface area contributed by atoms with E-state index in [-0.39, 0.29) is 5.78 Å². The molecule has 0 saturated carbocycles. The number of fused-ring (bicyclic) bond motifs is 1. The molecule has 0 unspecified atom stereocenters. The second-order valence-corrected chi connectivity index (χ2v) is 6.03. The number of para-hydroxylation sites is 2. The smallest absolute Gasteiger partial charge is 0.254 e. The Balaban J connectivity index is 2.00. The third-order valence-electron chi connectivity index (χ3n) is 3.88. The van der Waals surface area contributed by atoms with Crippen LogP contribution in [0, 0.1) is 6.92 Å². The Labute approximate surface area is 132 Å². The maximum absolute atomic E-state index is 12.5. The number of hydrogen-bond donors (Lipinski definition) is 0. The van der Waals surface area contributed by atoms with E-state index < -0.39 is 0 Å². The summed E-state index contributed by atoms with van der Waals surface area (Å²) in [6, 6.07) is 15.6. The fourth-order valence-electron chi connectivity index (χ4n) is 2.58. The number of carbonyl (C=O) groups excluding carboxylic acids is 1. The molecule has 21 heavy (non-hydrogen) atoms. The summed E-state index contributed by atoms with van der Waals surface area (Å²) in [6.45, 7) is 2.39. The van der Waals surface area contributed by atoms with Crippen molar-refractivity contribution in [3.8, 4) is 0 Å². The second-order valence-electron chi connectivity index (χ2n) is 5.11. The third-order valence-corrected chi connectivity index (χ3v) is 4.41. The second kappa shape index (κ2) is 5.45. The van der Waals surface area contributed by atoms with Crippen LogP contribution in [-0.4, -0.2) is 10.4 Å². The largest absolute Gasteiger partial charge is 0.290 e. The van der Waals surface area contributed by atoms with Gasteiger partial charge in [-0.1, -0.05) is 40.2 Å². The average Bonchev–Trinajstić information content (AvgIpc) is 2.73. The Hall–Kier alpha value is -1.94. The highest BCUT2D eigenvalue weighted by molar-refractivity contribution is 9.10. The zero-order chi connectivity index (χ0) is 15.0. The predicted octanol–water partition coefficient (Wildman–Crippen LogP) is 3.42. The van der Waals surface area contributed by atoms with Gasteiger partial charge in [0.1, 0.15) is 0 Å². The number of rotatable bonds is 3. The Bertz CT molecular complexity index is 819. The number of nitrogens with zero attached hydrogens (tertiary/aromatic N) is 2. The summed E-state index contributed by atoms with van der Waals surface area (Å²) in [5.41, 5.74) is 2.96. The Kier molecular flexibility index (Phi) is 3.64. The van der Waals surface area contributed by atoms with Crippen molar-refractivity contribution in [3.63, 3.8) is 0 Å². The lowest BCUT2D eigenvalue weighted by Crippen LogP contribution is -2.31. The molecule has 1 aromatic heterocycles. The molecule has 0 atom stereocenters. The molecule has 3 rings (SSSR count). The lowest BCUT2D eigenvalue weighted by molar-refractivity contribution is -0.652. The number of halogens is 1. The lowest BCUT2D eigenvalue weighted by Gasteiger charge is -2.01. The minimum absolute atomic E-state index is 0.118. The summed E-state index contributed by atoms with van der Waals surface area (Å²) in [6.07, 6.45) is 0. The normalized spacial score (nSPS) is 11.0. The van der Waals surface area contributed by atoms with Crippen molar-refractivity contribution >= 4 is 32.7 Å². The Morgan fingerprint density at radius 1 is 1.14 bits per heavy atom. The quantitative estimate of drug-likeness (QED) is 0.528. The van der Waals surface area contributed by atoms with Crippen LogP contribution in [0.4, 0.5) is 0 Å². The first-order valence-electron chi connectivity index (χ1n) is 6.80. The van der Waals surface area contributed by atoms with E-state index in [4.69, 9.17) is 0 Å². The number of Topliss-reactive ketones (excluding diaryl/α,β-unsaturated/α-hetero) is 1. The van der Waals surface area contributed by atoms with Crippen molar-refractivity contribution in [3.05, 3.63) is 64.4 Å². The van der Waals surface area contributed by atoms with Gasteiger partial charge in [0.15, 0.2) is 17.6 Å². The molecular weight excluding hydrogens is 328 g/mol. The summed E-state index contributed by atoms with van der Waals surface area (Å²) in [5.74, 6) is 1.19. The fraction of sp³-hybridized carbons (Fsp3) is 0.176. The summed E-state index contributed by atoms with van der Waals surface area (Å²) < 4.78 is 5.16. The molecule has 0 N–H and O–H groups in total. The number of hydrogen-bond acceptors (Lipinski definition) is 1. The molecule has 0 amide bonds. The predicted molar refractivity (Wildman–Crippen MR) is 86.3 cm³/mol. The van der Waals surface area contributed by atoms with Gasteiger partial charge in [-0.3, -0.25) is 4.79 Å². The van der Waals surface area contributed by atoms with Crippen LogP contribution in [0.3, 0.4) is 0 Å². The molecule has 4 heteroatoms. The monoisotopic (exact) mass is 343 g/mol. The van der Waals surface area contributed by atoms with Gasteiger partial charge in [-0.15, -0.1) is 0 Å². The van der Waals surface area contributed by atoms with Crippen LogP contribution >= 0.6 is 15.9 Å². The molecular formula is C17H16BrN2O+. The van der Waals surface area contributed by atoms with Crippen LogP contribution in [0.1, 0.15) is 16.2 Å². The highest BCUT2D eigenvalue weighted by Gasteiger charge is 2.21. The van der Waals surface area contributed by atoms with Gasteiger partial charge in [0.2, 0.25) is 5.78 Å². The van der Waals surface area contributed by atoms with Gasteiger partial charge in [-0.2, -0.15) is 0 Å². The van der Waals surface area contributed by atoms with Gasteiger partial charge in [0, 0.05) is 17.0 Å². The van der Waals surface area contributed by atoms with Crippen LogP contribution in [0.2, 0.25) is 0 Å². The molecule has 0 fully saturated rings. The van der Waals surface area contributed by atoms with E-state index in [9.17, 15) is 4.79 Å². The van der Waals surface area contributed by atoms with E-state index in [1.165, 1.54) is 0 Å². The molecule has 0 saturated heterocycles. The first-order valence-corrected chi connectivity index (χ1v) is 7.60. The van der Waals surface area contributed by atoms with Crippen molar-refractivity contribution in [1.82, 2.24) is 4.57 Å². The number of carbonyl (C=O) groups is 1. The summed E-state index contributed by atoms with van der Waals surface area (Å²) in [7, 11) is 2.03. The van der Waals surface area contributed by atoms with Gasteiger partial charge < -0.3 is 0 Å². The van der Waals surface area contributed by atoms with Crippen molar-refractivity contribution in [2.45, 2.75) is 13.5 Å². The van der Waals surface area contributed by atoms with E-state index in [1.807, 2.05) is 50.4 Å². The van der Waals surface area contributed by atoms with Crippen LogP contribution in [0.5, 0.6) is 0 Å². The molecule has 3 aromatic rings. The van der Waals surface area contributed by atoms with Crippen LogP contribution < -0.4 is 4.57 Å². The summed E-state index contributed by atoms with van der Waals surface area (Å²) >= 11 is 3.39. The molecule has 106 valence electrons. The Morgan fingerprint density at radius 3 is 2.52 bits per heavy atom. The van der Waals surface area contributed by atoms with Gasteiger partial charge in [-0.05, 0) is 24.3 Å². The molecule has 0 spiro atoms. The first kappa shape index (κ1) is 14.0. The number of ketones is 1. The molecule has 0 radical (unpaired) electrons. The molecule has 1 heterocycles. The van der Waals surface area contributed by atoms with Gasteiger partial charge in [0.25, 0.3) is 5.82 Å². The maximum atomic E-state index is 12.5. The lowest BCUT2D eigenvalue weighted by atomic mass is 10.1. The number of benzene rings is 2.